The van der Waals surface area contributed by atoms with Crippen molar-refractivity contribution < 1.29 is 52.8 Å². The molecule has 0 fully saturated rings. The van der Waals surface area contributed by atoms with Gasteiger partial charge in [-0.2, -0.15) is 0 Å². The predicted octanol–water partition coefficient (Wildman–Crippen LogP) is 0.158. The van der Waals surface area contributed by atoms with Crippen LogP contribution in [0.2, 0.25) is 15.2 Å². The van der Waals surface area contributed by atoms with Gasteiger partial charge in [0.1, 0.15) is 5.15 Å². The third-order valence-corrected chi connectivity index (χ3v) is 1.98. The number of halogens is 3. The molecule has 0 bridgehead atoms. The minimum Gasteiger partial charge on any atom is -1.00 e. The van der Waals surface area contributed by atoms with Crippen LogP contribution in [0.15, 0.2) is 12.3 Å². The standard InChI is InChI=1S/C5H2Cl3N.K.H/c6-3-1-2-9-5(8)4(3)7;;/h1-2H;;/q;+1;-1. The van der Waals surface area contributed by atoms with Crippen LogP contribution in [0.3, 0.4) is 0 Å². The van der Waals surface area contributed by atoms with Gasteiger partial charge in [-0.15, -0.1) is 0 Å². The molecule has 0 aliphatic carbocycles. The summed E-state index contributed by atoms with van der Waals surface area (Å²) in [4.78, 5) is 3.69. The molecule has 1 aromatic heterocycles. The van der Waals surface area contributed by atoms with E-state index in [-0.39, 0.29) is 58.0 Å². The van der Waals surface area contributed by atoms with Gasteiger partial charge in [-0.1, -0.05) is 34.8 Å². The largest absolute Gasteiger partial charge is 1.00 e. The molecule has 0 radical (unpaired) electrons. The summed E-state index contributed by atoms with van der Waals surface area (Å²) in [5, 5.41) is 0.974. The molecule has 10 heavy (non-hydrogen) atoms. The Kier molecular flexibility index (Phi) is 6.21. The first-order chi connectivity index (χ1) is 4.22. The molecule has 0 aromatic carbocycles. The van der Waals surface area contributed by atoms with E-state index < -0.39 is 0 Å². The Labute approximate surface area is 118 Å². The fraction of sp³-hybridized carbons (Fsp3) is 0. The number of pyridine rings is 1. The Hall–Kier alpha value is 1.66. The number of hydrogen-bond acceptors (Lipinski definition) is 1. The van der Waals surface area contributed by atoms with Crippen LogP contribution in [0.5, 0.6) is 0 Å². The molecule has 0 unspecified atom stereocenters. The van der Waals surface area contributed by atoms with Crippen LogP contribution in [0.1, 0.15) is 1.43 Å². The Bertz CT molecular complexity index is 213. The third-order valence-electron chi connectivity index (χ3n) is 0.800. The topological polar surface area (TPSA) is 12.9 Å². The van der Waals surface area contributed by atoms with Crippen molar-refractivity contribution in [1.82, 2.24) is 4.98 Å². The molecule has 0 N–H and O–H groups in total. The maximum Gasteiger partial charge on any atom is 1.00 e. The summed E-state index contributed by atoms with van der Waals surface area (Å²) >= 11 is 16.6. The van der Waals surface area contributed by atoms with Crippen molar-refractivity contribution in [2.45, 2.75) is 0 Å². The summed E-state index contributed by atoms with van der Waals surface area (Å²) in [6, 6.07) is 1.58. The van der Waals surface area contributed by atoms with E-state index >= 15 is 0 Å². The van der Waals surface area contributed by atoms with E-state index in [0.29, 0.717) is 10.0 Å². The van der Waals surface area contributed by atoms with Crippen LogP contribution in [-0.4, -0.2) is 4.98 Å². The molecule has 0 saturated carbocycles. The molecule has 1 heterocycles. The van der Waals surface area contributed by atoms with E-state index in [1.54, 1.807) is 6.07 Å². The smallest absolute Gasteiger partial charge is 1.00 e. The van der Waals surface area contributed by atoms with Crippen LogP contribution in [0.4, 0.5) is 0 Å². The summed E-state index contributed by atoms with van der Waals surface area (Å²) in [5.41, 5.74) is 0. The van der Waals surface area contributed by atoms with Crippen LogP contribution in [-0.2, 0) is 0 Å². The average Bonchev–Trinajstić information content (AvgIpc) is 1.83. The number of aromatic nitrogens is 1. The Morgan fingerprint density at radius 3 is 2.30 bits per heavy atom. The van der Waals surface area contributed by atoms with Gasteiger partial charge in [0.25, 0.3) is 0 Å². The summed E-state index contributed by atoms with van der Waals surface area (Å²) in [6.45, 7) is 0. The summed E-state index contributed by atoms with van der Waals surface area (Å²) in [6.07, 6.45) is 1.50. The molecular weight excluding hydrogens is 220 g/mol. The minimum absolute atomic E-state index is 0. The molecular formula is C5H3Cl3KN. The predicted molar refractivity (Wildman–Crippen MR) is 40.4 cm³/mol. The summed E-state index contributed by atoms with van der Waals surface area (Å²) in [5.74, 6) is 0. The van der Waals surface area contributed by atoms with E-state index in [0.717, 1.165) is 0 Å². The molecule has 0 spiro atoms. The van der Waals surface area contributed by atoms with Gasteiger partial charge in [-0.3, -0.25) is 0 Å². The van der Waals surface area contributed by atoms with Crippen LogP contribution >= 0.6 is 34.8 Å². The maximum absolute atomic E-state index is 5.56. The molecule has 0 saturated heterocycles. The molecule has 1 rings (SSSR count). The fourth-order valence-electron chi connectivity index (χ4n) is 0.397. The van der Waals surface area contributed by atoms with Crippen LogP contribution in [0.25, 0.3) is 0 Å². The quantitative estimate of drug-likeness (QED) is 0.450. The van der Waals surface area contributed by atoms with Crippen LogP contribution < -0.4 is 51.4 Å². The van der Waals surface area contributed by atoms with E-state index in [9.17, 15) is 0 Å². The van der Waals surface area contributed by atoms with Gasteiger partial charge in [0.05, 0.1) is 10.0 Å². The molecule has 0 aliphatic heterocycles. The Morgan fingerprint density at radius 2 is 1.90 bits per heavy atom. The van der Waals surface area contributed by atoms with Crippen molar-refractivity contribution >= 4 is 34.8 Å². The van der Waals surface area contributed by atoms with Crippen molar-refractivity contribution in [3.8, 4) is 0 Å². The third kappa shape index (κ3) is 2.95. The van der Waals surface area contributed by atoms with Crippen molar-refractivity contribution in [2.75, 3.05) is 0 Å². The van der Waals surface area contributed by atoms with Gasteiger partial charge in [0.2, 0.25) is 0 Å². The van der Waals surface area contributed by atoms with E-state index in [1.165, 1.54) is 6.20 Å². The normalized spacial score (nSPS) is 8.70. The zero-order chi connectivity index (χ0) is 6.85. The molecule has 5 heteroatoms. The fourth-order valence-corrected chi connectivity index (χ4v) is 0.861. The zero-order valence-corrected chi connectivity index (χ0v) is 10.6. The molecule has 1 nitrogen and oxygen atoms in total. The van der Waals surface area contributed by atoms with Gasteiger partial charge in [0, 0.05) is 6.20 Å². The van der Waals surface area contributed by atoms with Crippen LogP contribution in [0, 0.1) is 0 Å². The number of rotatable bonds is 0. The first-order valence-corrected chi connectivity index (χ1v) is 3.30. The Morgan fingerprint density at radius 1 is 1.30 bits per heavy atom. The summed E-state index contributed by atoms with van der Waals surface area (Å²) < 4.78 is 0. The van der Waals surface area contributed by atoms with Crippen molar-refractivity contribution in [1.29, 1.82) is 0 Å². The Balaban J connectivity index is 0. The van der Waals surface area contributed by atoms with Gasteiger partial charge >= 0.3 is 51.4 Å². The molecule has 0 amide bonds. The van der Waals surface area contributed by atoms with Gasteiger partial charge in [-0.25, -0.2) is 4.98 Å². The number of nitrogens with zero attached hydrogens (tertiary/aromatic N) is 1. The first-order valence-electron chi connectivity index (χ1n) is 2.17. The first kappa shape index (κ1) is 11.7. The van der Waals surface area contributed by atoms with Gasteiger partial charge in [0.15, 0.2) is 0 Å². The average molecular weight is 223 g/mol. The minimum atomic E-state index is 0. The second kappa shape index (κ2) is 5.33. The molecule has 0 atom stereocenters. The molecule has 50 valence electrons. The van der Waals surface area contributed by atoms with Crippen molar-refractivity contribution in [3.05, 3.63) is 27.5 Å². The SMILES string of the molecule is Clc1ccnc(Cl)c1Cl.[H-].[K+]. The molecule has 0 aliphatic rings. The second-order valence-electron chi connectivity index (χ2n) is 1.40. The zero-order valence-electron chi connectivity index (χ0n) is 6.24. The number of hydrogen-bond donors (Lipinski definition) is 0. The second-order valence-corrected chi connectivity index (χ2v) is 2.54. The summed E-state index contributed by atoms with van der Waals surface area (Å²) in [7, 11) is 0. The van der Waals surface area contributed by atoms with Gasteiger partial charge < -0.3 is 1.43 Å². The van der Waals surface area contributed by atoms with E-state index in [4.69, 9.17) is 34.8 Å². The monoisotopic (exact) mass is 221 g/mol. The maximum atomic E-state index is 5.56. The van der Waals surface area contributed by atoms with Gasteiger partial charge in [-0.05, 0) is 6.07 Å². The van der Waals surface area contributed by atoms with E-state index in [1.807, 2.05) is 0 Å². The van der Waals surface area contributed by atoms with E-state index in [2.05, 4.69) is 4.98 Å². The molecule has 1 aromatic rings. The van der Waals surface area contributed by atoms with Crippen molar-refractivity contribution in [2.24, 2.45) is 0 Å². The van der Waals surface area contributed by atoms with Crippen molar-refractivity contribution in [3.63, 3.8) is 0 Å².